The molecule has 6 nitrogen and oxygen atoms in total. The fourth-order valence-corrected chi connectivity index (χ4v) is 4.02. The van der Waals surface area contributed by atoms with Crippen molar-refractivity contribution in [1.82, 2.24) is 10.2 Å². The Morgan fingerprint density at radius 2 is 2.03 bits per heavy atom. The second-order valence-electron chi connectivity index (χ2n) is 8.36. The number of nitrogens with zero attached hydrogens (tertiary/aromatic N) is 3. The standard InChI is InChI=1S/C23H37FN4O2.HI/c1-4-25-23(26-16-18-8-9-22(27(2)3)21(24)15-18)28-12-10-19(11-13-28)30-17-20-7-5-6-14-29-20;/h8-9,15,19-20H,4-7,10-14,16-17H2,1-3H3,(H,25,26);1H. The predicted molar refractivity (Wildman–Crippen MR) is 135 cm³/mol. The molecule has 0 aliphatic carbocycles. The first kappa shape index (κ1) is 26.1. The lowest BCUT2D eigenvalue weighted by molar-refractivity contribution is -0.0721. The molecule has 1 unspecified atom stereocenters. The van der Waals surface area contributed by atoms with E-state index in [0.717, 1.165) is 57.0 Å². The SMILES string of the molecule is CCNC(=NCc1ccc(N(C)C)c(F)c1)N1CCC(OCC2CCCCO2)CC1.I. The van der Waals surface area contributed by atoms with Crippen molar-refractivity contribution >= 4 is 35.6 Å². The lowest BCUT2D eigenvalue weighted by Crippen LogP contribution is -2.47. The van der Waals surface area contributed by atoms with Gasteiger partial charge in [0, 0.05) is 40.3 Å². The third kappa shape index (κ3) is 8.05. The van der Waals surface area contributed by atoms with Gasteiger partial charge in [-0.05, 0) is 56.7 Å². The van der Waals surface area contributed by atoms with E-state index in [9.17, 15) is 4.39 Å². The first-order valence-corrected chi connectivity index (χ1v) is 11.3. The van der Waals surface area contributed by atoms with Gasteiger partial charge in [-0.1, -0.05) is 6.07 Å². The Labute approximate surface area is 203 Å². The summed E-state index contributed by atoms with van der Waals surface area (Å²) in [6.45, 7) is 6.75. The molecule has 2 fully saturated rings. The van der Waals surface area contributed by atoms with Gasteiger partial charge in [0.2, 0.25) is 0 Å². The van der Waals surface area contributed by atoms with Crippen molar-refractivity contribution < 1.29 is 13.9 Å². The number of likely N-dealkylation sites (tertiary alicyclic amines) is 1. The van der Waals surface area contributed by atoms with Crippen LogP contribution in [0.3, 0.4) is 0 Å². The van der Waals surface area contributed by atoms with E-state index in [-0.39, 0.29) is 35.9 Å². The first-order valence-electron chi connectivity index (χ1n) is 11.3. The molecule has 2 heterocycles. The zero-order valence-corrected chi connectivity index (χ0v) is 21.4. The van der Waals surface area contributed by atoms with Crippen LogP contribution in [0.15, 0.2) is 23.2 Å². The van der Waals surface area contributed by atoms with Gasteiger partial charge in [0.1, 0.15) is 5.82 Å². The van der Waals surface area contributed by atoms with Gasteiger partial charge >= 0.3 is 0 Å². The molecule has 1 atom stereocenters. The summed E-state index contributed by atoms with van der Waals surface area (Å²) < 4.78 is 26.1. The van der Waals surface area contributed by atoms with Crippen LogP contribution in [0, 0.1) is 5.82 Å². The molecule has 0 aromatic heterocycles. The summed E-state index contributed by atoms with van der Waals surface area (Å²) in [5, 5.41) is 3.38. The fraction of sp³-hybridized carbons (Fsp3) is 0.696. The van der Waals surface area contributed by atoms with E-state index >= 15 is 0 Å². The average Bonchev–Trinajstić information content (AvgIpc) is 2.76. The van der Waals surface area contributed by atoms with Gasteiger partial charge in [-0.3, -0.25) is 0 Å². The average molecular weight is 548 g/mol. The van der Waals surface area contributed by atoms with Crippen LogP contribution in [-0.2, 0) is 16.0 Å². The molecule has 1 aromatic carbocycles. The molecule has 8 heteroatoms. The highest BCUT2D eigenvalue weighted by Gasteiger charge is 2.23. The van der Waals surface area contributed by atoms with Crippen molar-refractivity contribution in [1.29, 1.82) is 0 Å². The van der Waals surface area contributed by atoms with Crippen molar-refractivity contribution in [3.05, 3.63) is 29.6 Å². The Morgan fingerprint density at radius 3 is 2.65 bits per heavy atom. The Hall–Kier alpha value is -1.13. The maximum absolute atomic E-state index is 14.2. The van der Waals surface area contributed by atoms with Gasteiger partial charge in [0.05, 0.1) is 31.0 Å². The van der Waals surface area contributed by atoms with E-state index in [1.165, 1.54) is 12.8 Å². The summed E-state index contributed by atoms with van der Waals surface area (Å²) in [6, 6.07) is 5.33. The lowest BCUT2D eigenvalue weighted by atomic mass is 10.1. The topological polar surface area (TPSA) is 49.3 Å². The van der Waals surface area contributed by atoms with Crippen molar-refractivity contribution in [2.45, 2.75) is 57.8 Å². The van der Waals surface area contributed by atoms with E-state index in [4.69, 9.17) is 14.5 Å². The molecule has 2 saturated heterocycles. The van der Waals surface area contributed by atoms with Crippen molar-refractivity contribution in [2.75, 3.05) is 51.8 Å². The molecule has 1 N–H and O–H groups in total. The Kier molecular flexibility index (Phi) is 11.3. The van der Waals surface area contributed by atoms with Crippen molar-refractivity contribution in [3.8, 4) is 0 Å². The summed E-state index contributed by atoms with van der Waals surface area (Å²) in [6.07, 6.45) is 6.08. The largest absolute Gasteiger partial charge is 0.376 e. The molecule has 176 valence electrons. The zero-order chi connectivity index (χ0) is 21.3. The third-order valence-corrected chi connectivity index (χ3v) is 5.77. The molecular formula is C23H38FIN4O2. The van der Waals surface area contributed by atoms with Gasteiger partial charge in [-0.25, -0.2) is 9.38 Å². The van der Waals surface area contributed by atoms with Crippen LogP contribution in [-0.4, -0.2) is 70.0 Å². The highest BCUT2D eigenvalue weighted by atomic mass is 127. The maximum atomic E-state index is 14.2. The number of ether oxygens (including phenoxy) is 2. The molecule has 2 aliphatic heterocycles. The minimum absolute atomic E-state index is 0. The van der Waals surface area contributed by atoms with E-state index < -0.39 is 0 Å². The van der Waals surface area contributed by atoms with E-state index in [1.807, 2.05) is 26.2 Å². The van der Waals surface area contributed by atoms with Crippen LogP contribution in [0.2, 0.25) is 0 Å². The van der Waals surface area contributed by atoms with Crippen LogP contribution in [0.4, 0.5) is 10.1 Å². The number of halogens is 2. The predicted octanol–water partition coefficient (Wildman–Crippen LogP) is 4.03. The first-order chi connectivity index (χ1) is 14.6. The summed E-state index contributed by atoms with van der Waals surface area (Å²) in [7, 11) is 3.68. The van der Waals surface area contributed by atoms with E-state index in [0.29, 0.717) is 24.9 Å². The monoisotopic (exact) mass is 548 g/mol. The molecular weight excluding hydrogens is 510 g/mol. The van der Waals surface area contributed by atoms with Gasteiger partial charge < -0.3 is 24.6 Å². The number of benzene rings is 1. The highest BCUT2D eigenvalue weighted by molar-refractivity contribution is 14.0. The number of piperidine rings is 1. The molecule has 0 radical (unpaired) electrons. The van der Waals surface area contributed by atoms with Gasteiger partial charge in [-0.2, -0.15) is 0 Å². The van der Waals surface area contributed by atoms with Gasteiger partial charge in [0.25, 0.3) is 0 Å². The fourth-order valence-electron chi connectivity index (χ4n) is 4.02. The summed E-state index contributed by atoms with van der Waals surface area (Å²) in [4.78, 5) is 8.82. The molecule has 3 rings (SSSR count). The normalized spacial score (nSPS) is 20.3. The van der Waals surface area contributed by atoms with Gasteiger partial charge in [-0.15, -0.1) is 24.0 Å². The molecule has 0 amide bonds. The Balaban J connectivity index is 0.00000341. The molecule has 0 spiro atoms. The maximum Gasteiger partial charge on any atom is 0.194 e. The highest BCUT2D eigenvalue weighted by Crippen LogP contribution is 2.20. The second-order valence-corrected chi connectivity index (χ2v) is 8.36. The Morgan fingerprint density at radius 1 is 1.26 bits per heavy atom. The van der Waals surface area contributed by atoms with Crippen LogP contribution >= 0.6 is 24.0 Å². The number of aliphatic imine (C=N–C) groups is 1. The number of hydrogen-bond donors (Lipinski definition) is 1. The number of rotatable bonds is 7. The van der Waals surface area contributed by atoms with E-state index in [1.54, 1.807) is 11.0 Å². The van der Waals surface area contributed by atoms with Crippen LogP contribution in [0.1, 0.15) is 44.6 Å². The van der Waals surface area contributed by atoms with Crippen LogP contribution in [0.5, 0.6) is 0 Å². The number of anilines is 1. The smallest absolute Gasteiger partial charge is 0.194 e. The van der Waals surface area contributed by atoms with Crippen LogP contribution < -0.4 is 10.2 Å². The van der Waals surface area contributed by atoms with Crippen molar-refractivity contribution in [2.24, 2.45) is 4.99 Å². The van der Waals surface area contributed by atoms with E-state index in [2.05, 4.69) is 17.1 Å². The zero-order valence-electron chi connectivity index (χ0n) is 19.1. The third-order valence-electron chi connectivity index (χ3n) is 5.77. The van der Waals surface area contributed by atoms with Gasteiger partial charge in [0.15, 0.2) is 5.96 Å². The molecule has 31 heavy (non-hydrogen) atoms. The minimum Gasteiger partial charge on any atom is -0.376 e. The van der Waals surface area contributed by atoms with Crippen molar-refractivity contribution in [3.63, 3.8) is 0 Å². The summed E-state index contributed by atoms with van der Waals surface area (Å²) in [5.74, 6) is 0.682. The number of nitrogens with one attached hydrogen (secondary N) is 1. The quantitative estimate of drug-likeness (QED) is 0.317. The van der Waals surface area contributed by atoms with Crippen LogP contribution in [0.25, 0.3) is 0 Å². The molecule has 2 aliphatic rings. The lowest BCUT2D eigenvalue weighted by Gasteiger charge is -2.35. The second kappa shape index (κ2) is 13.4. The minimum atomic E-state index is -0.211. The molecule has 1 aromatic rings. The number of guanidine groups is 1. The molecule has 0 saturated carbocycles. The summed E-state index contributed by atoms with van der Waals surface area (Å²) in [5.41, 5.74) is 1.47. The molecule has 0 bridgehead atoms. The summed E-state index contributed by atoms with van der Waals surface area (Å²) >= 11 is 0. The number of hydrogen-bond acceptors (Lipinski definition) is 4. The Bertz CT molecular complexity index is 690.